The number of nitro groups is 1. The second-order valence-electron chi connectivity index (χ2n) is 6.49. The number of thioether (sulfide) groups is 1. The van der Waals surface area contributed by atoms with Gasteiger partial charge in [0.2, 0.25) is 5.78 Å². The highest BCUT2D eigenvalue weighted by Gasteiger charge is 2.26. The van der Waals surface area contributed by atoms with Gasteiger partial charge >= 0.3 is 0 Å². The first-order valence-corrected chi connectivity index (χ1v) is 9.52. The topological polar surface area (TPSA) is 63.5 Å². The molecule has 0 spiro atoms. The van der Waals surface area contributed by atoms with Crippen molar-refractivity contribution in [2.45, 2.75) is 24.2 Å². The lowest BCUT2D eigenvalue weighted by Gasteiger charge is -2.28. The first kappa shape index (κ1) is 16.8. The van der Waals surface area contributed by atoms with Gasteiger partial charge < -0.3 is 4.90 Å². The minimum Gasteiger partial charge on any atom is -0.366 e. The molecule has 2 aliphatic heterocycles. The summed E-state index contributed by atoms with van der Waals surface area (Å²) < 4.78 is 0. The molecule has 2 aromatic rings. The number of hydrogen-bond acceptors (Lipinski definition) is 5. The van der Waals surface area contributed by atoms with Crippen LogP contribution in [0.2, 0.25) is 0 Å². The normalized spacial score (nSPS) is 18.2. The number of carbonyl (C=O) groups excluding carboxylic acids is 1. The van der Waals surface area contributed by atoms with Crippen LogP contribution in [-0.4, -0.2) is 23.8 Å². The van der Waals surface area contributed by atoms with Gasteiger partial charge in [-0.05, 0) is 49.1 Å². The van der Waals surface area contributed by atoms with Crippen molar-refractivity contribution in [3.63, 3.8) is 0 Å². The molecular formula is C20H18N2O3S. The Hall–Kier alpha value is -2.60. The summed E-state index contributed by atoms with van der Waals surface area (Å²) in [6.07, 6.45) is 5.05. The summed E-state index contributed by atoms with van der Waals surface area (Å²) in [5.74, 6) is -0.0200. The maximum absolute atomic E-state index is 12.5. The number of piperidine rings is 1. The van der Waals surface area contributed by atoms with Crippen molar-refractivity contribution >= 4 is 35.0 Å². The van der Waals surface area contributed by atoms with Gasteiger partial charge in [0.15, 0.2) is 0 Å². The van der Waals surface area contributed by atoms with Crippen molar-refractivity contribution in [1.29, 1.82) is 0 Å². The molecule has 1 fully saturated rings. The van der Waals surface area contributed by atoms with E-state index in [9.17, 15) is 14.9 Å². The molecule has 0 unspecified atom stereocenters. The lowest BCUT2D eigenvalue weighted by atomic mass is 10.1. The number of hydrogen-bond donors (Lipinski definition) is 0. The van der Waals surface area contributed by atoms with Gasteiger partial charge in [-0.25, -0.2) is 0 Å². The van der Waals surface area contributed by atoms with E-state index in [1.54, 1.807) is 12.1 Å². The first-order valence-electron chi connectivity index (χ1n) is 8.70. The molecule has 4 rings (SSSR count). The summed E-state index contributed by atoms with van der Waals surface area (Å²) in [4.78, 5) is 27.4. The smallest absolute Gasteiger partial charge is 0.293 e. The number of benzene rings is 2. The van der Waals surface area contributed by atoms with Crippen LogP contribution >= 0.6 is 11.8 Å². The Balaban J connectivity index is 1.67. The molecule has 26 heavy (non-hydrogen) atoms. The third kappa shape index (κ3) is 3.12. The summed E-state index contributed by atoms with van der Waals surface area (Å²) in [5, 5.41) is 11.6. The van der Waals surface area contributed by atoms with Gasteiger partial charge in [0, 0.05) is 29.6 Å². The Kier molecular flexibility index (Phi) is 4.51. The predicted molar refractivity (Wildman–Crippen MR) is 104 cm³/mol. The Morgan fingerprint density at radius 1 is 1.08 bits per heavy atom. The molecule has 6 heteroatoms. The second-order valence-corrected chi connectivity index (χ2v) is 7.57. The molecule has 0 radical (unpaired) electrons. The molecule has 0 saturated carbocycles. The van der Waals surface area contributed by atoms with E-state index in [0.717, 1.165) is 30.8 Å². The highest BCUT2D eigenvalue weighted by atomic mass is 32.2. The Morgan fingerprint density at radius 2 is 1.85 bits per heavy atom. The molecule has 0 atom stereocenters. The van der Waals surface area contributed by atoms with Crippen molar-refractivity contribution in [2.75, 3.05) is 18.0 Å². The number of allylic oxidation sites excluding steroid dienone is 1. The number of anilines is 1. The van der Waals surface area contributed by atoms with E-state index in [-0.39, 0.29) is 16.4 Å². The zero-order valence-corrected chi connectivity index (χ0v) is 15.0. The van der Waals surface area contributed by atoms with Gasteiger partial charge in [-0.1, -0.05) is 30.0 Å². The van der Waals surface area contributed by atoms with Crippen molar-refractivity contribution in [1.82, 2.24) is 0 Å². The molecule has 2 aliphatic rings. The van der Waals surface area contributed by atoms with E-state index in [2.05, 4.69) is 4.90 Å². The van der Waals surface area contributed by atoms with E-state index in [1.165, 1.54) is 18.2 Å². The highest BCUT2D eigenvalue weighted by molar-refractivity contribution is 8.04. The van der Waals surface area contributed by atoms with Crippen LogP contribution in [0.1, 0.15) is 35.2 Å². The Morgan fingerprint density at radius 3 is 2.58 bits per heavy atom. The number of nitro benzene ring substituents is 1. The zero-order chi connectivity index (χ0) is 18.1. The van der Waals surface area contributed by atoms with Crippen molar-refractivity contribution in [2.24, 2.45) is 0 Å². The molecule has 1 saturated heterocycles. The number of nitrogens with zero attached hydrogens (tertiary/aromatic N) is 2. The maximum atomic E-state index is 12.5. The quantitative estimate of drug-likeness (QED) is 0.438. The summed E-state index contributed by atoms with van der Waals surface area (Å²) >= 11 is 1.42. The summed E-state index contributed by atoms with van der Waals surface area (Å²) in [6, 6.07) is 12.7. The minimum absolute atomic E-state index is 0.0200. The lowest BCUT2D eigenvalue weighted by Crippen LogP contribution is -2.29. The number of Topliss-reactive ketones (excluding diaryl/α,β-unsaturated/α-hetero) is 1. The van der Waals surface area contributed by atoms with Crippen LogP contribution in [0.4, 0.5) is 11.4 Å². The molecule has 2 heterocycles. The number of carbonyl (C=O) groups is 1. The van der Waals surface area contributed by atoms with E-state index < -0.39 is 0 Å². The van der Waals surface area contributed by atoms with Crippen LogP contribution in [0.15, 0.2) is 52.3 Å². The Bertz CT molecular complexity index is 917. The molecule has 0 N–H and O–H groups in total. The third-order valence-electron chi connectivity index (χ3n) is 4.77. The van der Waals surface area contributed by atoms with E-state index in [1.807, 2.05) is 36.4 Å². The number of ketones is 1. The van der Waals surface area contributed by atoms with Crippen LogP contribution in [-0.2, 0) is 0 Å². The molecule has 0 aromatic heterocycles. The number of fused-ring (bicyclic) bond motifs is 1. The maximum Gasteiger partial charge on any atom is 0.293 e. The average molecular weight is 366 g/mol. The molecule has 0 bridgehead atoms. The van der Waals surface area contributed by atoms with Gasteiger partial charge in [0.1, 0.15) is 5.69 Å². The van der Waals surface area contributed by atoms with Crippen LogP contribution in [0, 0.1) is 10.1 Å². The number of rotatable bonds is 3. The van der Waals surface area contributed by atoms with Crippen LogP contribution < -0.4 is 4.90 Å². The highest BCUT2D eigenvalue weighted by Crippen LogP contribution is 2.41. The monoisotopic (exact) mass is 366 g/mol. The fourth-order valence-corrected chi connectivity index (χ4v) is 4.52. The standard InChI is InChI=1S/C20H18N2O3S/c23-20-15-6-2-3-7-18(15)26-19(20)13-14-8-9-16(17(12-14)22(24)25)21-10-4-1-5-11-21/h2-3,6-9,12-13H,1,4-5,10-11H2. The fraction of sp³-hybridized carbons (Fsp3) is 0.250. The minimum atomic E-state index is -0.329. The predicted octanol–water partition coefficient (Wildman–Crippen LogP) is 4.91. The molecule has 5 nitrogen and oxygen atoms in total. The SMILES string of the molecule is O=C1C(=Cc2ccc(N3CCCCC3)c([N+](=O)[O-])c2)Sc2ccccc21. The van der Waals surface area contributed by atoms with Gasteiger partial charge in [-0.2, -0.15) is 0 Å². The summed E-state index contributed by atoms with van der Waals surface area (Å²) in [5.41, 5.74) is 2.16. The van der Waals surface area contributed by atoms with Gasteiger partial charge in [0.05, 0.1) is 9.83 Å². The van der Waals surface area contributed by atoms with Crippen molar-refractivity contribution in [3.05, 3.63) is 68.6 Å². The van der Waals surface area contributed by atoms with Crippen LogP contribution in [0.3, 0.4) is 0 Å². The second kappa shape index (κ2) is 6.96. The van der Waals surface area contributed by atoms with Crippen LogP contribution in [0.25, 0.3) is 6.08 Å². The molecule has 2 aromatic carbocycles. The summed E-state index contributed by atoms with van der Waals surface area (Å²) in [7, 11) is 0. The largest absolute Gasteiger partial charge is 0.366 e. The molecule has 132 valence electrons. The summed E-state index contributed by atoms with van der Waals surface area (Å²) in [6.45, 7) is 1.70. The van der Waals surface area contributed by atoms with Gasteiger partial charge in [-0.3, -0.25) is 14.9 Å². The van der Waals surface area contributed by atoms with E-state index in [0.29, 0.717) is 21.7 Å². The first-order chi connectivity index (χ1) is 12.6. The van der Waals surface area contributed by atoms with Crippen molar-refractivity contribution in [3.8, 4) is 0 Å². The van der Waals surface area contributed by atoms with Crippen LogP contribution in [0.5, 0.6) is 0 Å². The third-order valence-corrected chi connectivity index (χ3v) is 5.87. The van der Waals surface area contributed by atoms with E-state index in [4.69, 9.17) is 0 Å². The van der Waals surface area contributed by atoms with Gasteiger partial charge in [-0.15, -0.1) is 0 Å². The molecular weight excluding hydrogens is 348 g/mol. The van der Waals surface area contributed by atoms with Gasteiger partial charge in [0.25, 0.3) is 5.69 Å². The van der Waals surface area contributed by atoms with E-state index >= 15 is 0 Å². The molecule has 0 amide bonds. The van der Waals surface area contributed by atoms with Crippen molar-refractivity contribution < 1.29 is 9.72 Å². The Labute approximate surface area is 155 Å². The molecule has 0 aliphatic carbocycles. The fourth-order valence-electron chi connectivity index (χ4n) is 3.47. The average Bonchev–Trinajstić information content (AvgIpc) is 2.98. The lowest BCUT2D eigenvalue weighted by molar-refractivity contribution is -0.384. The zero-order valence-electron chi connectivity index (χ0n) is 14.2.